The molecule has 0 radical (unpaired) electrons. The lowest BCUT2D eigenvalue weighted by atomic mass is 9.86. The van der Waals surface area contributed by atoms with E-state index in [1.165, 1.54) is 0 Å². The average Bonchev–Trinajstić information content (AvgIpc) is 3.00. The predicted molar refractivity (Wildman–Crippen MR) is 92.2 cm³/mol. The van der Waals surface area contributed by atoms with Gasteiger partial charge in [0.25, 0.3) is 0 Å². The van der Waals surface area contributed by atoms with Crippen molar-refractivity contribution in [2.24, 2.45) is 5.92 Å². The molecule has 2 heterocycles. The number of carboxylic acids is 1. The number of thiazole rings is 1. The molecule has 1 saturated carbocycles. The Hall–Kier alpha value is -2.47. The second-order valence-corrected chi connectivity index (χ2v) is 6.34. The Bertz CT molecular complexity index is 814. The van der Waals surface area contributed by atoms with E-state index in [0.717, 1.165) is 46.2 Å². The zero-order valence-corrected chi connectivity index (χ0v) is 13.3. The van der Waals surface area contributed by atoms with Gasteiger partial charge in [0.15, 0.2) is 0 Å². The van der Waals surface area contributed by atoms with Gasteiger partial charge in [-0.1, -0.05) is 18.6 Å². The van der Waals surface area contributed by atoms with Crippen molar-refractivity contribution in [2.45, 2.75) is 19.3 Å². The van der Waals surface area contributed by atoms with Crippen LogP contribution < -0.4 is 5.73 Å². The topological polar surface area (TPSA) is 89.1 Å². The third kappa shape index (κ3) is 3.32. The molecule has 23 heavy (non-hydrogen) atoms. The van der Waals surface area contributed by atoms with E-state index in [2.05, 4.69) is 9.97 Å². The van der Waals surface area contributed by atoms with Crippen molar-refractivity contribution in [3.63, 3.8) is 0 Å². The fraction of sp³-hybridized carbons (Fsp3) is 0.235. The van der Waals surface area contributed by atoms with Crippen LogP contribution in [0.2, 0.25) is 0 Å². The number of nitrogens with two attached hydrogens (primary N) is 1. The van der Waals surface area contributed by atoms with Crippen molar-refractivity contribution in [1.82, 2.24) is 9.97 Å². The van der Waals surface area contributed by atoms with Crippen LogP contribution in [0.4, 0.5) is 5.69 Å². The van der Waals surface area contributed by atoms with Crippen molar-refractivity contribution in [2.75, 3.05) is 5.73 Å². The summed E-state index contributed by atoms with van der Waals surface area (Å²) >= 11 is 1.59. The largest absolute Gasteiger partial charge is 0.481 e. The maximum absolute atomic E-state index is 9.98. The zero-order chi connectivity index (χ0) is 16.2. The molecule has 2 aromatic heterocycles. The van der Waals surface area contributed by atoms with Gasteiger partial charge in [0.2, 0.25) is 0 Å². The van der Waals surface area contributed by atoms with E-state index in [4.69, 9.17) is 10.8 Å². The number of anilines is 1. The Morgan fingerprint density at radius 2 is 2.04 bits per heavy atom. The first kappa shape index (κ1) is 15.4. The molecule has 0 atom stereocenters. The molecule has 1 aromatic carbocycles. The van der Waals surface area contributed by atoms with Crippen LogP contribution in [0.25, 0.3) is 21.2 Å². The van der Waals surface area contributed by atoms with E-state index in [9.17, 15) is 4.79 Å². The number of fused-ring (bicyclic) bond motifs is 1. The number of benzene rings is 1. The molecular weight excluding hydrogens is 310 g/mol. The summed E-state index contributed by atoms with van der Waals surface area (Å²) in [6, 6.07) is 6.00. The van der Waals surface area contributed by atoms with E-state index in [1.54, 1.807) is 17.5 Å². The third-order valence-corrected chi connectivity index (χ3v) is 4.82. The van der Waals surface area contributed by atoms with Gasteiger partial charge in [-0.25, -0.2) is 0 Å². The number of nitrogens with zero attached hydrogens (tertiary/aromatic N) is 2. The maximum atomic E-state index is 9.98. The van der Waals surface area contributed by atoms with E-state index < -0.39 is 5.97 Å². The third-order valence-electron chi connectivity index (χ3n) is 4.01. The van der Waals surface area contributed by atoms with Gasteiger partial charge < -0.3 is 10.8 Å². The number of pyridine rings is 1. The minimum absolute atomic E-state index is 0.000000000000000444. The van der Waals surface area contributed by atoms with Gasteiger partial charge in [0.1, 0.15) is 0 Å². The first-order valence-corrected chi connectivity index (χ1v) is 8.28. The molecule has 1 aliphatic carbocycles. The van der Waals surface area contributed by atoms with Crippen molar-refractivity contribution in [1.29, 1.82) is 0 Å². The first-order chi connectivity index (χ1) is 11.2. The van der Waals surface area contributed by atoms with Crippen LogP contribution in [0.3, 0.4) is 0 Å². The van der Waals surface area contributed by atoms with Crippen molar-refractivity contribution < 1.29 is 9.90 Å². The molecule has 0 aliphatic heterocycles. The molecule has 1 aliphatic rings. The summed E-state index contributed by atoms with van der Waals surface area (Å²) in [7, 11) is 0. The molecule has 0 saturated heterocycles. The molecule has 0 unspecified atom stereocenters. The zero-order valence-electron chi connectivity index (χ0n) is 12.5. The Kier molecular flexibility index (Phi) is 4.52. The van der Waals surface area contributed by atoms with Gasteiger partial charge >= 0.3 is 5.97 Å². The number of rotatable bonds is 2. The number of aromatic nitrogens is 2. The number of nitrogen functional groups attached to an aromatic ring is 1. The van der Waals surface area contributed by atoms with Crippen molar-refractivity contribution in [3.05, 3.63) is 42.3 Å². The van der Waals surface area contributed by atoms with Crippen LogP contribution in [0, 0.1) is 5.92 Å². The van der Waals surface area contributed by atoms with Crippen LogP contribution in [-0.4, -0.2) is 21.0 Å². The quantitative estimate of drug-likeness (QED) is 0.699. The lowest BCUT2D eigenvalue weighted by Crippen LogP contribution is -2.20. The van der Waals surface area contributed by atoms with Gasteiger partial charge in [0, 0.05) is 40.6 Å². The van der Waals surface area contributed by atoms with Crippen LogP contribution in [-0.2, 0) is 4.79 Å². The summed E-state index contributed by atoms with van der Waals surface area (Å²) in [4.78, 5) is 19.2. The lowest BCUT2D eigenvalue weighted by Gasteiger charge is -2.19. The second-order valence-electron chi connectivity index (χ2n) is 5.46. The van der Waals surface area contributed by atoms with Crippen LogP contribution in [0.1, 0.15) is 19.3 Å². The van der Waals surface area contributed by atoms with Crippen LogP contribution in [0.5, 0.6) is 0 Å². The highest BCUT2D eigenvalue weighted by Crippen LogP contribution is 2.33. The summed E-state index contributed by atoms with van der Waals surface area (Å²) in [5.41, 5.74) is 9.81. The lowest BCUT2D eigenvalue weighted by molar-refractivity contribution is -0.144. The van der Waals surface area contributed by atoms with Gasteiger partial charge in [0.05, 0.1) is 16.3 Å². The highest BCUT2D eigenvalue weighted by molar-refractivity contribution is 7.13. The highest BCUT2D eigenvalue weighted by atomic mass is 32.1. The molecule has 6 heteroatoms. The monoisotopic (exact) mass is 327 g/mol. The van der Waals surface area contributed by atoms with E-state index in [1.807, 2.05) is 36.1 Å². The molecule has 0 amide bonds. The Balaban J connectivity index is 0.000000188. The van der Waals surface area contributed by atoms with Gasteiger partial charge in [-0.2, -0.15) is 0 Å². The number of aliphatic carboxylic acids is 1. The number of carboxylic acid groups (broad SMARTS) is 1. The Labute approximate surface area is 137 Å². The average molecular weight is 327 g/mol. The smallest absolute Gasteiger partial charge is 0.306 e. The molecule has 3 N–H and O–H groups in total. The number of carbonyl (C=O) groups is 1. The van der Waals surface area contributed by atoms with Gasteiger partial charge in [-0.3, -0.25) is 14.8 Å². The first-order valence-electron chi connectivity index (χ1n) is 7.40. The summed E-state index contributed by atoms with van der Waals surface area (Å²) in [6.07, 6.45) is 8.32. The molecule has 0 spiro atoms. The summed E-state index contributed by atoms with van der Waals surface area (Å²) in [6.45, 7) is 0. The molecule has 3 aromatic rings. The van der Waals surface area contributed by atoms with E-state index in [-0.39, 0.29) is 5.92 Å². The maximum Gasteiger partial charge on any atom is 0.306 e. The Morgan fingerprint density at radius 3 is 2.61 bits per heavy atom. The van der Waals surface area contributed by atoms with E-state index >= 15 is 0 Å². The molecule has 5 nitrogen and oxygen atoms in total. The highest BCUT2D eigenvalue weighted by Gasteiger charge is 2.23. The summed E-state index contributed by atoms with van der Waals surface area (Å²) in [5, 5.41) is 10.3. The second kappa shape index (κ2) is 6.75. The van der Waals surface area contributed by atoms with Crippen LogP contribution in [0.15, 0.2) is 42.3 Å². The van der Waals surface area contributed by atoms with Gasteiger partial charge in [-0.15, -0.1) is 11.3 Å². The van der Waals surface area contributed by atoms with Crippen molar-refractivity contribution >= 4 is 33.8 Å². The fourth-order valence-corrected chi connectivity index (χ4v) is 3.07. The molecule has 118 valence electrons. The van der Waals surface area contributed by atoms with E-state index in [0.29, 0.717) is 0 Å². The van der Waals surface area contributed by atoms with Gasteiger partial charge in [-0.05, 0) is 18.9 Å². The van der Waals surface area contributed by atoms with Crippen LogP contribution >= 0.6 is 11.3 Å². The molecular formula is C17H17N3O2S. The molecule has 0 bridgehead atoms. The minimum atomic E-state index is -0.619. The number of hydrogen-bond acceptors (Lipinski definition) is 5. The standard InChI is InChI=1S/C12H9N3S.C5H8O2/c13-12-9-3-4-14-5-8(9)1-2-10(12)11-6-15-7-16-11;6-5(7)4-2-1-3-4/h1-7H,13H2;4H,1-3H2,(H,6,7). The summed E-state index contributed by atoms with van der Waals surface area (Å²) in [5.74, 6) is -0.619. The molecule has 1 fully saturated rings. The Morgan fingerprint density at radius 1 is 1.22 bits per heavy atom. The minimum Gasteiger partial charge on any atom is -0.481 e. The summed E-state index contributed by atoms with van der Waals surface area (Å²) < 4.78 is 0. The van der Waals surface area contributed by atoms with Crippen molar-refractivity contribution in [3.8, 4) is 10.4 Å². The SMILES string of the molecule is Nc1c(-c2cncs2)ccc2cnccc12.O=C(O)C1CCC1. The molecule has 4 rings (SSSR count). The fourth-order valence-electron chi connectivity index (χ4n) is 2.41. The number of hydrogen-bond donors (Lipinski definition) is 2. The predicted octanol–water partition coefficient (Wildman–Crippen LogP) is 3.81. The normalized spacial score (nSPS) is 13.9.